The highest BCUT2D eigenvalue weighted by Crippen LogP contribution is 2.47. The van der Waals surface area contributed by atoms with E-state index in [0.29, 0.717) is 24.5 Å². The second-order valence-electron chi connectivity index (χ2n) is 8.81. The molecular weight excluding hydrogens is 424 g/mol. The lowest BCUT2D eigenvalue weighted by Crippen LogP contribution is -2.27. The van der Waals surface area contributed by atoms with Gasteiger partial charge in [0.25, 0.3) is 0 Å². The number of fused-ring (bicyclic) bond motifs is 1. The van der Waals surface area contributed by atoms with Gasteiger partial charge in [-0.05, 0) is 42.5 Å². The summed E-state index contributed by atoms with van der Waals surface area (Å²) >= 11 is 0. The van der Waals surface area contributed by atoms with Gasteiger partial charge in [-0.25, -0.2) is 0 Å². The Morgan fingerprint density at radius 1 is 0.912 bits per heavy atom. The highest BCUT2D eigenvalue weighted by atomic mass is 16.5. The van der Waals surface area contributed by atoms with Crippen LogP contribution in [0.5, 0.6) is 11.5 Å². The van der Waals surface area contributed by atoms with Crippen molar-refractivity contribution in [3.05, 3.63) is 95.2 Å². The molecule has 0 radical (unpaired) electrons. The average molecular weight is 455 g/mol. The number of hydrogen-bond donors (Lipinski definition) is 2. The number of para-hydroxylation sites is 3. The largest absolute Gasteiger partial charge is 0.493 e. The Morgan fingerprint density at radius 2 is 1.68 bits per heavy atom. The average Bonchev–Trinajstić information content (AvgIpc) is 3.04. The van der Waals surface area contributed by atoms with E-state index in [1.807, 2.05) is 60.7 Å². The summed E-state index contributed by atoms with van der Waals surface area (Å²) < 4.78 is 11.8. The minimum atomic E-state index is -0.350. The van der Waals surface area contributed by atoms with Crippen LogP contribution in [0.2, 0.25) is 0 Å². The Bertz CT molecular complexity index is 1220. The summed E-state index contributed by atoms with van der Waals surface area (Å²) in [5.74, 6) is 1.66. The molecule has 0 bridgehead atoms. The molecule has 2 unspecified atom stereocenters. The van der Waals surface area contributed by atoms with Gasteiger partial charge in [0, 0.05) is 23.3 Å². The molecule has 0 amide bonds. The number of methoxy groups -OCH3 is 1. The molecule has 2 N–H and O–H groups in total. The summed E-state index contributed by atoms with van der Waals surface area (Å²) in [6, 6.07) is 24.0. The smallest absolute Gasteiger partial charge is 0.166 e. The lowest BCUT2D eigenvalue weighted by atomic mass is 9.78. The van der Waals surface area contributed by atoms with Crippen molar-refractivity contribution >= 4 is 17.2 Å². The van der Waals surface area contributed by atoms with Gasteiger partial charge in [0.2, 0.25) is 0 Å². The van der Waals surface area contributed by atoms with Gasteiger partial charge in [-0.1, -0.05) is 61.5 Å². The van der Waals surface area contributed by atoms with Crippen LogP contribution in [-0.2, 0) is 4.79 Å². The van der Waals surface area contributed by atoms with Crippen LogP contribution in [0.1, 0.15) is 49.3 Å². The van der Waals surface area contributed by atoms with E-state index in [0.717, 1.165) is 41.1 Å². The van der Waals surface area contributed by atoms with E-state index in [9.17, 15) is 4.79 Å². The van der Waals surface area contributed by atoms with Gasteiger partial charge in [0.05, 0.1) is 31.1 Å². The molecule has 1 aliphatic heterocycles. The molecule has 0 saturated carbocycles. The second-order valence-corrected chi connectivity index (χ2v) is 8.81. The number of nitrogens with one attached hydrogen (secondary N) is 2. The third-order valence-corrected chi connectivity index (χ3v) is 6.57. The summed E-state index contributed by atoms with van der Waals surface area (Å²) in [7, 11) is 1.65. The SMILES string of the molecule is CCCOc1c(OC)cccc1C1Nc2ccccc2NC2=C1C(=O)CC(c1ccccc1)C2. The molecule has 5 heteroatoms. The molecule has 3 aromatic carbocycles. The maximum absolute atomic E-state index is 13.8. The fraction of sp³-hybridized carbons (Fsp3) is 0.276. The van der Waals surface area contributed by atoms with Gasteiger partial charge in [-0.2, -0.15) is 0 Å². The molecule has 2 atom stereocenters. The maximum atomic E-state index is 13.8. The monoisotopic (exact) mass is 454 g/mol. The molecule has 0 aromatic heterocycles. The Labute approximate surface area is 200 Å². The number of allylic oxidation sites excluding steroid dienone is 1. The van der Waals surface area contributed by atoms with Crippen LogP contribution in [0.4, 0.5) is 11.4 Å². The van der Waals surface area contributed by atoms with Gasteiger partial charge in [-0.15, -0.1) is 0 Å². The molecule has 0 spiro atoms. The number of ketones is 1. The standard InChI is InChI=1S/C29H30N2O3/c1-3-16-34-29-21(12-9-15-26(29)33-2)28-27-24(30-22-13-7-8-14-23(22)31-28)17-20(18-25(27)32)19-10-5-4-6-11-19/h4-15,20,28,30-31H,3,16-18H2,1-2H3. The maximum Gasteiger partial charge on any atom is 0.166 e. The highest BCUT2D eigenvalue weighted by molar-refractivity contribution is 6.01. The first-order valence-electron chi connectivity index (χ1n) is 11.9. The van der Waals surface area contributed by atoms with Crippen LogP contribution in [0.3, 0.4) is 0 Å². The summed E-state index contributed by atoms with van der Waals surface area (Å²) in [6.07, 6.45) is 2.13. The minimum absolute atomic E-state index is 0.145. The first kappa shape index (κ1) is 22.1. The first-order valence-corrected chi connectivity index (χ1v) is 11.9. The molecule has 1 heterocycles. The van der Waals surface area contributed by atoms with E-state index in [-0.39, 0.29) is 17.7 Å². The zero-order valence-electron chi connectivity index (χ0n) is 19.6. The van der Waals surface area contributed by atoms with Crippen molar-refractivity contribution in [1.29, 1.82) is 0 Å². The fourth-order valence-electron chi connectivity index (χ4n) is 4.97. The number of ether oxygens (including phenoxy) is 2. The number of rotatable bonds is 6. The van der Waals surface area contributed by atoms with Gasteiger partial charge in [0.15, 0.2) is 17.3 Å². The molecule has 0 fully saturated rings. The fourth-order valence-corrected chi connectivity index (χ4v) is 4.97. The molecule has 1 aliphatic carbocycles. The van der Waals surface area contributed by atoms with Crippen molar-refractivity contribution in [2.24, 2.45) is 0 Å². The van der Waals surface area contributed by atoms with E-state index in [1.165, 1.54) is 5.56 Å². The summed E-state index contributed by atoms with van der Waals surface area (Å²) in [5, 5.41) is 7.26. The van der Waals surface area contributed by atoms with Gasteiger partial charge >= 0.3 is 0 Å². The van der Waals surface area contributed by atoms with Crippen molar-refractivity contribution in [2.75, 3.05) is 24.4 Å². The number of carbonyl (C=O) groups excluding carboxylic acids is 1. The third kappa shape index (κ3) is 4.14. The molecule has 5 nitrogen and oxygen atoms in total. The summed E-state index contributed by atoms with van der Waals surface area (Å²) in [5.41, 5.74) is 5.77. The molecule has 3 aromatic rings. The van der Waals surface area contributed by atoms with E-state index in [1.54, 1.807) is 7.11 Å². The zero-order valence-corrected chi connectivity index (χ0v) is 19.6. The predicted octanol–water partition coefficient (Wildman–Crippen LogP) is 6.46. The Kier molecular flexibility index (Phi) is 6.26. The molecule has 34 heavy (non-hydrogen) atoms. The summed E-state index contributed by atoms with van der Waals surface area (Å²) in [4.78, 5) is 13.8. The highest BCUT2D eigenvalue weighted by Gasteiger charge is 2.37. The normalized spacial score (nSPS) is 19.3. The molecule has 174 valence electrons. The van der Waals surface area contributed by atoms with Crippen LogP contribution in [0, 0.1) is 0 Å². The Balaban J connectivity index is 1.64. The molecular formula is C29H30N2O3. The van der Waals surface area contributed by atoms with Crippen LogP contribution in [-0.4, -0.2) is 19.5 Å². The van der Waals surface area contributed by atoms with Crippen LogP contribution < -0.4 is 20.1 Å². The lowest BCUT2D eigenvalue weighted by molar-refractivity contribution is -0.116. The number of Topliss-reactive ketones (excluding diaryl/α,β-unsaturated/α-hetero) is 1. The first-order chi connectivity index (χ1) is 16.7. The van der Waals surface area contributed by atoms with Crippen LogP contribution in [0.25, 0.3) is 0 Å². The zero-order chi connectivity index (χ0) is 23.5. The van der Waals surface area contributed by atoms with Gasteiger partial charge < -0.3 is 20.1 Å². The number of carbonyl (C=O) groups is 1. The quantitative estimate of drug-likeness (QED) is 0.447. The number of benzene rings is 3. The van der Waals surface area contributed by atoms with Crippen molar-refractivity contribution in [3.63, 3.8) is 0 Å². The third-order valence-electron chi connectivity index (χ3n) is 6.57. The Morgan fingerprint density at radius 3 is 2.44 bits per heavy atom. The van der Waals surface area contributed by atoms with Crippen molar-refractivity contribution in [3.8, 4) is 11.5 Å². The molecule has 0 saturated heterocycles. The number of anilines is 2. The van der Waals surface area contributed by atoms with Crippen molar-refractivity contribution in [2.45, 2.75) is 38.1 Å². The topological polar surface area (TPSA) is 59.6 Å². The predicted molar refractivity (Wildman–Crippen MR) is 136 cm³/mol. The molecule has 2 aliphatic rings. The minimum Gasteiger partial charge on any atom is -0.493 e. The van der Waals surface area contributed by atoms with Crippen molar-refractivity contribution < 1.29 is 14.3 Å². The second kappa shape index (κ2) is 9.64. The van der Waals surface area contributed by atoms with Gasteiger partial charge in [-0.3, -0.25) is 4.79 Å². The van der Waals surface area contributed by atoms with Gasteiger partial charge in [0.1, 0.15) is 0 Å². The van der Waals surface area contributed by atoms with Crippen LogP contribution >= 0.6 is 0 Å². The van der Waals surface area contributed by atoms with Crippen molar-refractivity contribution in [1.82, 2.24) is 0 Å². The lowest BCUT2D eigenvalue weighted by Gasteiger charge is -2.30. The van der Waals surface area contributed by atoms with Crippen LogP contribution in [0.15, 0.2) is 84.1 Å². The van der Waals surface area contributed by atoms with E-state index in [2.05, 4.69) is 29.7 Å². The molecule has 5 rings (SSSR count). The summed E-state index contributed by atoms with van der Waals surface area (Å²) in [6.45, 7) is 2.65. The number of hydrogen-bond acceptors (Lipinski definition) is 5. The Hall–Kier alpha value is -3.73. The van der Waals surface area contributed by atoms with E-state index < -0.39 is 0 Å². The van der Waals surface area contributed by atoms with E-state index in [4.69, 9.17) is 9.47 Å². The van der Waals surface area contributed by atoms with E-state index >= 15 is 0 Å².